The van der Waals surface area contributed by atoms with Crippen molar-refractivity contribution in [3.05, 3.63) is 83.6 Å². The molecule has 0 aliphatic carbocycles. The normalized spacial score (nSPS) is 25.4. The molecule has 3 aromatic rings. The van der Waals surface area contributed by atoms with Crippen LogP contribution in [0.4, 0.5) is 5.69 Å². The van der Waals surface area contributed by atoms with Crippen LogP contribution in [0.3, 0.4) is 0 Å². The fourth-order valence-corrected chi connectivity index (χ4v) is 6.50. The number of anilines is 1. The van der Waals surface area contributed by atoms with E-state index in [1.165, 1.54) is 4.90 Å². The Morgan fingerprint density at radius 2 is 1.49 bits per heavy atom. The number of ketones is 1. The number of carbonyl (C=O) groups is 3. The van der Waals surface area contributed by atoms with Gasteiger partial charge in [-0.1, -0.05) is 24.3 Å². The Hall–Kier alpha value is -4.79. The van der Waals surface area contributed by atoms with Crippen molar-refractivity contribution in [2.45, 2.75) is 12.1 Å². The number of nitrogens with zero attached hydrogens (tertiary/aromatic N) is 2. The van der Waals surface area contributed by atoms with Crippen LogP contribution in [0.5, 0.6) is 23.0 Å². The summed E-state index contributed by atoms with van der Waals surface area (Å²) >= 11 is 0. The Bertz CT molecular complexity index is 1610. The zero-order valence-corrected chi connectivity index (χ0v) is 20.6. The van der Waals surface area contributed by atoms with Crippen molar-refractivity contribution in [2.75, 3.05) is 24.9 Å². The molecule has 2 fully saturated rings. The first-order chi connectivity index (χ1) is 19.1. The van der Waals surface area contributed by atoms with Gasteiger partial charge in [0.2, 0.25) is 18.6 Å². The average Bonchev–Trinajstić information content (AvgIpc) is 3.65. The Morgan fingerprint density at radius 3 is 2.38 bits per heavy atom. The molecule has 5 aliphatic rings. The molecule has 5 aliphatic heterocycles. The topological polar surface area (TPSA) is 94.6 Å². The third kappa shape index (κ3) is 3.10. The van der Waals surface area contributed by atoms with Gasteiger partial charge in [0.05, 0.1) is 23.6 Å². The van der Waals surface area contributed by atoms with E-state index in [0.29, 0.717) is 47.5 Å². The molecule has 3 aromatic carbocycles. The van der Waals surface area contributed by atoms with Crippen LogP contribution in [0.15, 0.2) is 66.9 Å². The van der Waals surface area contributed by atoms with Crippen LogP contribution in [0.1, 0.15) is 27.5 Å². The highest BCUT2D eigenvalue weighted by molar-refractivity contribution is 6.24. The third-order valence-corrected chi connectivity index (χ3v) is 8.17. The second-order valence-electron chi connectivity index (χ2n) is 10.1. The van der Waals surface area contributed by atoms with Gasteiger partial charge in [0.25, 0.3) is 0 Å². The van der Waals surface area contributed by atoms with Crippen molar-refractivity contribution in [3.8, 4) is 23.0 Å². The molecule has 0 saturated carbocycles. The lowest BCUT2D eigenvalue weighted by molar-refractivity contribution is -0.123. The van der Waals surface area contributed by atoms with Crippen molar-refractivity contribution in [3.63, 3.8) is 0 Å². The van der Waals surface area contributed by atoms with Crippen molar-refractivity contribution in [1.82, 2.24) is 4.90 Å². The standard InChI is InChI=1S/C30H22N2O7/c33-28(17-5-7-21-22(13-17)39-15-38-21)27-25-24(26-19-4-2-1-3-16(19)9-10-31(26)27)29(34)32(30(25)35)18-6-8-20-23(14-18)37-12-11-36-20/h1-10,13-14,24-27H,11-12,15H2/t24-,25+,26-,27-/m0/s1. The van der Waals surface area contributed by atoms with E-state index in [9.17, 15) is 14.4 Å². The molecule has 0 radical (unpaired) electrons. The van der Waals surface area contributed by atoms with Gasteiger partial charge in [-0.25, -0.2) is 4.90 Å². The highest BCUT2D eigenvalue weighted by Crippen LogP contribution is 2.54. The number of ether oxygens (including phenoxy) is 4. The monoisotopic (exact) mass is 522 g/mol. The van der Waals surface area contributed by atoms with E-state index in [4.69, 9.17) is 18.9 Å². The lowest BCUT2D eigenvalue weighted by Gasteiger charge is -2.35. The van der Waals surface area contributed by atoms with Crippen LogP contribution in [0, 0.1) is 11.8 Å². The highest BCUT2D eigenvalue weighted by Gasteiger charge is 2.64. The SMILES string of the molecule is O=C(c1ccc2c(c1)OCO2)[C@@H]1[C@@H]2C(=O)N(c3ccc4c(c3)OCCO4)C(=O)[C@@H]2[C@@H]2c3ccccc3C=CN12. The second-order valence-corrected chi connectivity index (χ2v) is 10.1. The van der Waals surface area contributed by atoms with E-state index in [0.717, 1.165) is 11.1 Å². The minimum atomic E-state index is -0.872. The van der Waals surface area contributed by atoms with Crippen molar-refractivity contribution in [1.29, 1.82) is 0 Å². The van der Waals surface area contributed by atoms with Gasteiger partial charge in [0, 0.05) is 17.8 Å². The van der Waals surface area contributed by atoms with E-state index in [1.807, 2.05) is 41.4 Å². The summed E-state index contributed by atoms with van der Waals surface area (Å²) in [7, 11) is 0. The van der Waals surface area contributed by atoms with E-state index < -0.39 is 29.8 Å². The largest absolute Gasteiger partial charge is 0.486 e. The number of carbonyl (C=O) groups excluding carboxylic acids is 3. The molecule has 0 N–H and O–H groups in total. The molecular weight excluding hydrogens is 500 g/mol. The van der Waals surface area contributed by atoms with Gasteiger partial charge in [0.1, 0.15) is 19.3 Å². The fraction of sp³-hybridized carbons (Fsp3) is 0.233. The van der Waals surface area contributed by atoms with Crippen LogP contribution in [0.25, 0.3) is 6.08 Å². The molecular formula is C30H22N2O7. The van der Waals surface area contributed by atoms with Crippen LogP contribution in [-0.2, 0) is 9.59 Å². The van der Waals surface area contributed by atoms with Gasteiger partial charge in [-0.2, -0.15) is 0 Å². The van der Waals surface area contributed by atoms with Crippen LogP contribution in [0.2, 0.25) is 0 Å². The summed E-state index contributed by atoms with van der Waals surface area (Å²) in [4.78, 5) is 45.5. The van der Waals surface area contributed by atoms with Gasteiger partial charge in [-0.05, 0) is 47.5 Å². The molecule has 2 saturated heterocycles. The summed E-state index contributed by atoms with van der Waals surface area (Å²) in [5, 5.41) is 0. The fourth-order valence-electron chi connectivity index (χ4n) is 6.50. The smallest absolute Gasteiger partial charge is 0.240 e. The number of hydrogen-bond donors (Lipinski definition) is 0. The van der Waals surface area contributed by atoms with Crippen LogP contribution < -0.4 is 23.8 Å². The summed E-state index contributed by atoms with van der Waals surface area (Å²) < 4.78 is 22.2. The number of fused-ring (bicyclic) bond motifs is 7. The Labute approximate surface area is 223 Å². The van der Waals surface area contributed by atoms with Gasteiger partial charge in [-0.15, -0.1) is 0 Å². The number of hydrogen-bond acceptors (Lipinski definition) is 8. The molecule has 8 rings (SSSR count). The summed E-state index contributed by atoms with van der Waals surface area (Å²) in [6, 6.07) is 16.5. The van der Waals surface area contributed by atoms with Crippen molar-refractivity contribution in [2.24, 2.45) is 11.8 Å². The first-order valence-electron chi connectivity index (χ1n) is 12.9. The molecule has 5 heterocycles. The molecule has 4 atom stereocenters. The number of rotatable bonds is 3. The number of amides is 2. The zero-order chi connectivity index (χ0) is 26.2. The summed E-state index contributed by atoms with van der Waals surface area (Å²) in [5.41, 5.74) is 2.69. The number of imide groups is 1. The van der Waals surface area contributed by atoms with Crippen molar-refractivity contribution >= 4 is 29.4 Å². The highest BCUT2D eigenvalue weighted by atomic mass is 16.7. The molecule has 0 unspecified atom stereocenters. The third-order valence-electron chi connectivity index (χ3n) is 8.17. The van der Waals surface area contributed by atoms with Crippen LogP contribution >= 0.6 is 0 Å². The number of Topliss-reactive ketones (excluding diaryl/α,β-unsaturated/α-hetero) is 1. The molecule has 0 spiro atoms. The lowest BCUT2D eigenvalue weighted by atomic mass is 9.83. The van der Waals surface area contributed by atoms with Gasteiger partial charge < -0.3 is 23.8 Å². The maximum absolute atomic E-state index is 14.2. The van der Waals surface area contributed by atoms with Gasteiger partial charge in [0.15, 0.2) is 28.8 Å². The summed E-state index contributed by atoms with van der Waals surface area (Å²) in [5.74, 6) is -0.488. The maximum atomic E-state index is 14.2. The van der Waals surface area contributed by atoms with Crippen LogP contribution in [-0.4, -0.2) is 48.5 Å². The number of benzene rings is 3. The molecule has 39 heavy (non-hydrogen) atoms. The van der Waals surface area contributed by atoms with Gasteiger partial charge >= 0.3 is 0 Å². The summed E-state index contributed by atoms with van der Waals surface area (Å²) in [6.07, 6.45) is 3.77. The Morgan fingerprint density at radius 1 is 0.769 bits per heavy atom. The zero-order valence-electron chi connectivity index (χ0n) is 20.6. The quantitative estimate of drug-likeness (QED) is 0.381. The first kappa shape index (κ1) is 22.2. The van der Waals surface area contributed by atoms with E-state index in [1.54, 1.807) is 36.4 Å². The van der Waals surface area contributed by atoms with E-state index in [2.05, 4.69) is 0 Å². The molecule has 0 aromatic heterocycles. The predicted octanol–water partition coefficient (Wildman–Crippen LogP) is 3.58. The van der Waals surface area contributed by atoms with Gasteiger partial charge in [-0.3, -0.25) is 14.4 Å². The average molecular weight is 523 g/mol. The first-order valence-corrected chi connectivity index (χ1v) is 12.9. The molecule has 2 amide bonds. The molecule has 9 heteroatoms. The Balaban J connectivity index is 1.24. The van der Waals surface area contributed by atoms with E-state index >= 15 is 0 Å². The van der Waals surface area contributed by atoms with Crippen molar-refractivity contribution < 1.29 is 33.3 Å². The minimum Gasteiger partial charge on any atom is -0.486 e. The molecule has 194 valence electrons. The maximum Gasteiger partial charge on any atom is 0.240 e. The van der Waals surface area contributed by atoms with E-state index in [-0.39, 0.29) is 18.5 Å². The predicted molar refractivity (Wildman–Crippen MR) is 138 cm³/mol. The molecule has 0 bridgehead atoms. The Kier molecular flexibility index (Phi) is 4.62. The minimum absolute atomic E-state index is 0.0896. The molecule has 9 nitrogen and oxygen atoms in total. The second kappa shape index (κ2) is 8.10. The summed E-state index contributed by atoms with van der Waals surface area (Å²) in [6.45, 7) is 0.911. The lowest BCUT2D eigenvalue weighted by Crippen LogP contribution is -2.44.